The maximum Gasteiger partial charge on any atom is -0.000778 e. The fourth-order valence-electron chi connectivity index (χ4n) is 2.07. The van der Waals surface area contributed by atoms with Crippen LogP contribution in [0, 0.1) is 11.8 Å². The van der Waals surface area contributed by atoms with Crippen molar-refractivity contribution in [3.05, 3.63) is 0 Å². The molecule has 1 aliphatic carbocycles. The summed E-state index contributed by atoms with van der Waals surface area (Å²) in [6, 6.07) is 0. The van der Waals surface area contributed by atoms with Gasteiger partial charge in [0.25, 0.3) is 0 Å². The van der Waals surface area contributed by atoms with Crippen LogP contribution in [0.5, 0.6) is 0 Å². The van der Waals surface area contributed by atoms with Crippen LogP contribution in [0.2, 0.25) is 0 Å². The molecule has 2 N–H and O–H groups in total. The van der Waals surface area contributed by atoms with Crippen molar-refractivity contribution in [1.82, 2.24) is 10.6 Å². The van der Waals surface area contributed by atoms with Gasteiger partial charge in [0.05, 0.1) is 0 Å². The Labute approximate surface area is 81.5 Å². The van der Waals surface area contributed by atoms with Gasteiger partial charge in [-0.25, -0.2) is 0 Å². The Morgan fingerprint density at radius 3 is 2.15 bits per heavy atom. The molecule has 0 unspecified atom stereocenters. The molecule has 2 fully saturated rings. The molecule has 13 heavy (non-hydrogen) atoms. The first-order valence-electron chi connectivity index (χ1n) is 5.86. The molecular weight excluding hydrogens is 160 g/mol. The molecule has 0 amide bonds. The van der Waals surface area contributed by atoms with Crippen LogP contribution < -0.4 is 10.6 Å². The molecule has 1 saturated carbocycles. The molecule has 0 radical (unpaired) electrons. The monoisotopic (exact) mass is 182 g/mol. The summed E-state index contributed by atoms with van der Waals surface area (Å²) >= 11 is 0. The van der Waals surface area contributed by atoms with Crippen molar-refractivity contribution in [2.24, 2.45) is 11.8 Å². The Morgan fingerprint density at radius 2 is 1.69 bits per heavy atom. The second-order valence-corrected chi connectivity index (χ2v) is 4.65. The largest absolute Gasteiger partial charge is 0.317 e. The lowest BCUT2D eigenvalue weighted by atomic mass is 9.83. The van der Waals surface area contributed by atoms with Gasteiger partial charge in [-0.2, -0.15) is 0 Å². The Morgan fingerprint density at radius 1 is 1.00 bits per heavy atom. The van der Waals surface area contributed by atoms with Crippen molar-refractivity contribution in [1.29, 1.82) is 0 Å². The predicted molar refractivity (Wildman–Crippen MR) is 55.8 cm³/mol. The van der Waals surface area contributed by atoms with E-state index in [2.05, 4.69) is 10.6 Å². The molecule has 0 spiro atoms. The molecule has 0 aromatic heterocycles. The van der Waals surface area contributed by atoms with Gasteiger partial charge in [-0.05, 0) is 50.9 Å². The molecule has 0 atom stereocenters. The van der Waals surface area contributed by atoms with Crippen LogP contribution in [0.25, 0.3) is 0 Å². The van der Waals surface area contributed by atoms with Crippen LogP contribution in [0.1, 0.15) is 32.1 Å². The van der Waals surface area contributed by atoms with E-state index in [1.165, 1.54) is 58.3 Å². The second-order valence-electron chi connectivity index (χ2n) is 4.65. The topological polar surface area (TPSA) is 24.1 Å². The van der Waals surface area contributed by atoms with E-state index in [1.807, 2.05) is 0 Å². The summed E-state index contributed by atoms with van der Waals surface area (Å²) in [5.41, 5.74) is 0. The number of nitrogens with one attached hydrogen (secondary N) is 2. The summed E-state index contributed by atoms with van der Waals surface area (Å²) in [6.07, 6.45) is 7.27. The Balaban J connectivity index is 1.36. The van der Waals surface area contributed by atoms with E-state index >= 15 is 0 Å². The Bertz CT molecular complexity index is 123. The van der Waals surface area contributed by atoms with Crippen LogP contribution in [-0.4, -0.2) is 26.2 Å². The maximum absolute atomic E-state index is 3.56. The summed E-state index contributed by atoms with van der Waals surface area (Å²) in [7, 11) is 0. The zero-order chi connectivity index (χ0) is 8.93. The minimum Gasteiger partial charge on any atom is -0.317 e. The van der Waals surface area contributed by atoms with E-state index in [0.29, 0.717) is 0 Å². The highest BCUT2D eigenvalue weighted by atomic mass is 15.0. The van der Waals surface area contributed by atoms with E-state index in [-0.39, 0.29) is 0 Å². The molecule has 2 nitrogen and oxygen atoms in total. The zero-order valence-corrected chi connectivity index (χ0v) is 8.52. The molecule has 1 aliphatic heterocycles. The zero-order valence-electron chi connectivity index (χ0n) is 8.52. The van der Waals surface area contributed by atoms with Gasteiger partial charge in [0.1, 0.15) is 0 Å². The lowest BCUT2D eigenvalue weighted by Crippen LogP contribution is -2.43. The van der Waals surface area contributed by atoms with Crippen LogP contribution in [-0.2, 0) is 0 Å². The fraction of sp³-hybridized carbons (Fsp3) is 1.00. The Hall–Kier alpha value is -0.0800. The summed E-state index contributed by atoms with van der Waals surface area (Å²) in [4.78, 5) is 0. The van der Waals surface area contributed by atoms with Gasteiger partial charge >= 0.3 is 0 Å². The van der Waals surface area contributed by atoms with Gasteiger partial charge in [-0.15, -0.1) is 0 Å². The molecule has 76 valence electrons. The number of hydrogen-bond acceptors (Lipinski definition) is 2. The minimum atomic E-state index is 0.969. The summed E-state index contributed by atoms with van der Waals surface area (Å²) in [5.74, 6) is 2.04. The van der Waals surface area contributed by atoms with Crippen molar-refractivity contribution >= 4 is 0 Å². The van der Waals surface area contributed by atoms with Gasteiger partial charge in [0.2, 0.25) is 0 Å². The first-order chi connectivity index (χ1) is 6.45. The highest BCUT2D eigenvalue weighted by molar-refractivity contribution is 4.75. The summed E-state index contributed by atoms with van der Waals surface area (Å²) < 4.78 is 0. The highest BCUT2D eigenvalue weighted by Crippen LogP contribution is 2.28. The number of hydrogen-bond donors (Lipinski definition) is 2. The normalized spacial score (nSPS) is 24.0. The SMILES string of the molecule is C1CC(CCNCCC2CNC2)C1. The highest BCUT2D eigenvalue weighted by Gasteiger charge is 2.17. The smallest absolute Gasteiger partial charge is 0.000778 e. The van der Waals surface area contributed by atoms with Crippen molar-refractivity contribution in [2.45, 2.75) is 32.1 Å². The van der Waals surface area contributed by atoms with Gasteiger partial charge in [0, 0.05) is 0 Å². The Kier molecular flexibility index (Phi) is 3.62. The van der Waals surface area contributed by atoms with Crippen LogP contribution in [0.15, 0.2) is 0 Å². The van der Waals surface area contributed by atoms with E-state index in [4.69, 9.17) is 0 Å². The molecule has 1 saturated heterocycles. The van der Waals surface area contributed by atoms with Crippen molar-refractivity contribution in [3.8, 4) is 0 Å². The lowest BCUT2D eigenvalue weighted by molar-refractivity contribution is 0.285. The van der Waals surface area contributed by atoms with Crippen LogP contribution in [0.4, 0.5) is 0 Å². The molecule has 0 aromatic carbocycles. The van der Waals surface area contributed by atoms with Crippen LogP contribution in [0.3, 0.4) is 0 Å². The number of rotatable bonds is 6. The average Bonchev–Trinajstić information content (AvgIpc) is 1.96. The first-order valence-corrected chi connectivity index (χ1v) is 5.86. The third kappa shape index (κ3) is 2.96. The predicted octanol–water partition coefficient (Wildman–Crippen LogP) is 1.38. The molecule has 2 aliphatic rings. The molecule has 1 heterocycles. The summed E-state index contributed by atoms with van der Waals surface area (Å²) in [6.45, 7) is 5.00. The van der Waals surface area contributed by atoms with Gasteiger partial charge in [0.15, 0.2) is 0 Å². The second kappa shape index (κ2) is 4.97. The maximum atomic E-state index is 3.56. The third-order valence-electron chi connectivity index (χ3n) is 3.55. The van der Waals surface area contributed by atoms with Crippen LogP contribution >= 0.6 is 0 Å². The quantitative estimate of drug-likeness (QED) is 0.606. The molecule has 2 heteroatoms. The average molecular weight is 182 g/mol. The molecule has 0 aromatic rings. The van der Waals surface area contributed by atoms with E-state index in [0.717, 1.165) is 11.8 Å². The van der Waals surface area contributed by atoms with E-state index in [1.54, 1.807) is 0 Å². The lowest BCUT2D eigenvalue weighted by Gasteiger charge is -2.28. The molecule has 2 rings (SSSR count). The standard InChI is InChI=1S/C11H22N2/c1-2-10(3-1)4-6-12-7-5-11-8-13-9-11/h10-13H,1-9H2. The first kappa shape index (κ1) is 9.47. The van der Waals surface area contributed by atoms with Gasteiger partial charge < -0.3 is 10.6 Å². The van der Waals surface area contributed by atoms with Gasteiger partial charge in [-0.1, -0.05) is 19.3 Å². The van der Waals surface area contributed by atoms with Crippen molar-refractivity contribution in [2.75, 3.05) is 26.2 Å². The molecule has 0 bridgehead atoms. The van der Waals surface area contributed by atoms with E-state index < -0.39 is 0 Å². The van der Waals surface area contributed by atoms with Crippen molar-refractivity contribution in [3.63, 3.8) is 0 Å². The van der Waals surface area contributed by atoms with Gasteiger partial charge in [-0.3, -0.25) is 0 Å². The molecular formula is C11H22N2. The summed E-state index contributed by atoms with van der Waals surface area (Å²) in [5, 5.41) is 6.87. The third-order valence-corrected chi connectivity index (χ3v) is 3.55. The fourth-order valence-corrected chi connectivity index (χ4v) is 2.07. The minimum absolute atomic E-state index is 0.969. The van der Waals surface area contributed by atoms with Crippen molar-refractivity contribution < 1.29 is 0 Å². The van der Waals surface area contributed by atoms with E-state index in [9.17, 15) is 0 Å².